The summed E-state index contributed by atoms with van der Waals surface area (Å²) in [4.78, 5) is 2.23. The molecule has 6 heteroatoms. The smallest absolute Gasteiger partial charge is 0.185 e. The zero-order valence-electron chi connectivity index (χ0n) is 13.9. The van der Waals surface area contributed by atoms with Gasteiger partial charge in [0.15, 0.2) is 11.5 Å². The molecule has 0 radical (unpaired) electrons. The van der Waals surface area contributed by atoms with Gasteiger partial charge >= 0.3 is 0 Å². The van der Waals surface area contributed by atoms with Gasteiger partial charge in [-0.2, -0.15) is 4.52 Å². The summed E-state index contributed by atoms with van der Waals surface area (Å²) in [6.07, 6.45) is 3.64. The average molecular weight is 325 g/mol. The molecular formula is C18H20FN5. The number of rotatable bonds is 3. The van der Waals surface area contributed by atoms with Crippen molar-refractivity contribution < 1.29 is 4.39 Å². The molecule has 0 saturated heterocycles. The van der Waals surface area contributed by atoms with Crippen LogP contribution >= 0.6 is 0 Å². The maximum Gasteiger partial charge on any atom is 0.185 e. The fourth-order valence-corrected chi connectivity index (χ4v) is 3.49. The van der Waals surface area contributed by atoms with Crippen LogP contribution < -0.4 is 4.90 Å². The Labute approximate surface area is 140 Å². The van der Waals surface area contributed by atoms with Crippen LogP contribution in [0, 0.1) is 11.7 Å². The molecule has 2 aromatic heterocycles. The molecule has 3 aromatic rings. The van der Waals surface area contributed by atoms with E-state index in [1.165, 1.54) is 31.4 Å². The molecule has 0 bridgehead atoms. The largest absolute Gasteiger partial charge is 0.355 e. The second-order valence-corrected chi connectivity index (χ2v) is 6.68. The van der Waals surface area contributed by atoms with Crippen LogP contribution in [-0.2, 0) is 0 Å². The highest BCUT2D eigenvalue weighted by molar-refractivity contribution is 5.59. The van der Waals surface area contributed by atoms with Crippen molar-refractivity contribution in [3.8, 4) is 11.4 Å². The molecule has 5 nitrogen and oxygen atoms in total. The van der Waals surface area contributed by atoms with Gasteiger partial charge in [0.1, 0.15) is 11.6 Å². The molecule has 0 N–H and O–H groups in total. The van der Waals surface area contributed by atoms with Crippen LogP contribution in [0.5, 0.6) is 0 Å². The lowest BCUT2D eigenvalue weighted by atomic mass is 10.1. The third-order valence-electron chi connectivity index (χ3n) is 4.91. The molecule has 24 heavy (non-hydrogen) atoms. The number of halogens is 1. The lowest BCUT2D eigenvalue weighted by Gasteiger charge is -2.25. The Kier molecular flexibility index (Phi) is 3.67. The summed E-state index contributed by atoms with van der Waals surface area (Å²) in [5.41, 5.74) is 1.33. The first-order valence-corrected chi connectivity index (χ1v) is 8.33. The Balaban J connectivity index is 1.73. The van der Waals surface area contributed by atoms with Crippen LogP contribution in [0.15, 0.2) is 36.4 Å². The van der Waals surface area contributed by atoms with Gasteiger partial charge < -0.3 is 4.90 Å². The molecule has 0 spiro atoms. The van der Waals surface area contributed by atoms with E-state index in [0.29, 0.717) is 23.1 Å². The van der Waals surface area contributed by atoms with Crippen LogP contribution in [0.1, 0.15) is 26.2 Å². The molecule has 1 saturated carbocycles. The molecule has 1 fully saturated rings. The summed E-state index contributed by atoms with van der Waals surface area (Å²) in [5.74, 6) is 1.91. The standard InChI is InChI=1S/C18H20FN5/c1-12-6-7-15(10-12)23(2)17-9-8-16-20-21-18(24(16)22-17)13-4-3-5-14(19)11-13/h3-5,8-9,11-12,15H,6-7,10H2,1-2H3. The number of hydrogen-bond donors (Lipinski definition) is 0. The Bertz CT molecular complexity index is 875. The summed E-state index contributed by atoms with van der Waals surface area (Å²) in [6, 6.07) is 10.8. The maximum absolute atomic E-state index is 13.5. The van der Waals surface area contributed by atoms with Crippen molar-refractivity contribution in [2.45, 2.75) is 32.2 Å². The lowest BCUT2D eigenvalue weighted by Crippen LogP contribution is -2.30. The number of nitrogens with zero attached hydrogens (tertiary/aromatic N) is 5. The van der Waals surface area contributed by atoms with Crippen molar-refractivity contribution in [1.29, 1.82) is 0 Å². The molecule has 0 amide bonds. The summed E-state index contributed by atoms with van der Waals surface area (Å²) < 4.78 is 15.2. The Morgan fingerprint density at radius 1 is 1.17 bits per heavy atom. The molecule has 1 aliphatic rings. The number of anilines is 1. The first-order valence-electron chi connectivity index (χ1n) is 8.33. The van der Waals surface area contributed by atoms with Crippen molar-refractivity contribution in [3.05, 3.63) is 42.2 Å². The summed E-state index contributed by atoms with van der Waals surface area (Å²) in [7, 11) is 2.09. The predicted molar refractivity (Wildman–Crippen MR) is 91.4 cm³/mol. The van der Waals surface area contributed by atoms with Gasteiger partial charge in [-0.15, -0.1) is 15.3 Å². The van der Waals surface area contributed by atoms with E-state index in [0.717, 1.165) is 11.7 Å². The van der Waals surface area contributed by atoms with E-state index in [1.807, 2.05) is 18.2 Å². The van der Waals surface area contributed by atoms with E-state index in [1.54, 1.807) is 10.6 Å². The van der Waals surface area contributed by atoms with Crippen molar-refractivity contribution in [2.75, 3.05) is 11.9 Å². The molecule has 1 aromatic carbocycles. The minimum absolute atomic E-state index is 0.294. The monoisotopic (exact) mass is 325 g/mol. The van der Waals surface area contributed by atoms with Crippen LogP contribution in [0.4, 0.5) is 10.2 Å². The van der Waals surface area contributed by atoms with Gasteiger partial charge in [0.25, 0.3) is 0 Å². The molecule has 124 valence electrons. The molecule has 1 aliphatic carbocycles. The fraction of sp³-hybridized carbons (Fsp3) is 0.389. The van der Waals surface area contributed by atoms with E-state index < -0.39 is 0 Å². The Hall–Kier alpha value is -2.50. The molecule has 2 unspecified atom stereocenters. The fourth-order valence-electron chi connectivity index (χ4n) is 3.49. The van der Waals surface area contributed by atoms with Gasteiger partial charge in [0.2, 0.25) is 0 Å². The molecule has 2 heterocycles. The molecular weight excluding hydrogens is 305 g/mol. The van der Waals surface area contributed by atoms with Crippen molar-refractivity contribution in [2.24, 2.45) is 5.92 Å². The van der Waals surface area contributed by atoms with Crippen LogP contribution in [-0.4, -0.2) is 32.9 Å². The molecule has 2 atom stereocenters. The van der Waals surface area contributed by atoms with Gasteiger partial charge in [-0.05, 0) is 49.4 Å². The van der Waals surface area contributed by atoms with Crippen LogP contribution in [0.2, 0.25) is 0 Å². The third-order valence-corrected chi connectivity index (χ3v) is 4.91. The Morgan fingerprint density at radius 3 is 2.79 bits per heavy atom. The number of fused-ring (bicyclic) bond motifs is 1. The second kappa shape index (κ2) is 5.85. The van der Waals surface area contributed by atoms with Gasteiger partial charge in [0, 0.05) is 18.7 Å². The zero-order valence-corrected chi connectivity index (χ0v) is 13.9. The lowest BCUT2D eigenvalue weighted by molar-refractivity contribution is 0.577. The average Bonchev–Trinajstić information content (AvgIpc) is 3.19. The zero-order chi connectivity index (χ0) is 16.7. The highest BCUT2D eigenvalue weighted by Gasteiger charge is 2.26. The molecule has 4 rings (SSSR count). The van der Waals surface area contributed by atoms with E-state index in [9.17, 15) is 4.39 Å². The number of hydrogen-bond acceptors (Lipinski definition) is 4. The highest BCUT2D eigenvalue weighted by atomic mass is 19.1. The van der Waals surface area contributed by atoms with Crippen molar-refractivity contribution in [1.82, 2.24) is 19.8 Å². The first-order chi connectivity index (χ1) is 11.6. The van der Waals surface area contributed by atoms with E-state index in [2.05, 4.69) is 29.1 Å². The summed E-state index contributed by atoms with van der Waals surface area (Å²) in [5, 5.41) is 13.0. The first kappa shape index (κ1) is 15.1. The Morgan fingerprint density at radius 2 is 2.04 bits per heavy atom. The number of benzene rings is 1. The SMILES string of the molecule is CC1CCC(N(C)c2ccc3nnc(-c4cccc(F)c4)n3n2)C1. The van der Waals surface area contributed by atoms with Gasteiger partial charge in [-0.3, -0.25) is 0 Å². The highest BCUT2D eigenvalue weighted by Crippen LogP contribution is 2.30. The van der Waals surface area contributed by atoms with Crippen LogP contribution in [0.25, 0.3) is 17.0 Å². The van der Waals surface area contributed by atoms with Gasteiger partial charge in [-0.1, -0.05) is 19.1 Å². The van der Waals surface area contributed by atoms with E-state index in [-0.39, 0.29) is 5.82 Å². The van der Waals surface area contributed by atoms with Crippen molar-refractivity contribution in [3.63, 3.8) is 0 Å². The summed E-state index contributed by atoms with van der Waals surface area (Å²) in [6.45, 7) is 2.30. The van der Waals surface area contributed by atoms with E-state index >= 15 is 0 Å². The van der Waals surface area contributed by atoms with Crippen LogP contribution in [0.3, 0.4) is 0 Å². The third kappa shape index (κ3) is 2.62. The second-order valence-electron chi connectivity index (χ2n) is 6.68. The number of aromatic nitrogens is 4. The molecule has 0 aliphatic heterocycles. The topological polar surface area (TPSA) is 46.3 Å². The van der Waals surface area contributed by atoms with Crippen molar-refractivity contribution >= 4 is 11.5 Å². The summed E-state index contributed by atoms with van der Waals surface area (Å²) >= 11 is 0. The van der Waals surface area contributed by atoms with Gasteiger partial charge in [-0.25, -0.2) is 4.39 Å². The normalized spacial score (nSPS) is 20.6. The van der Waals surface area contributed by atoms with E-state index in [4.69, 9.17) is 5.10 Å². The maximum atomic E-state index is 13.5. The quantitative estimate of drug-likeness (QED) is 0.739. The minimum Gasteiger partial charge on any atom is -0.355 e. The van der Waals surface area contributed by atoms with Gasteiger partial charge in [0.05, 0.1) is 0 Å². The predicted octanol–water partition coefficient (Wildman–Crippen LogP) is 3.56. The minimum atomic E-state index is -0.294.